The van der Waals surface area contributed by atoms with E-state index in [2.05, 4.69) is 20.3 Å². The van der Waals surface area contributed by atoms with Gasteiger partial charge >= 0.3 is 6.09 Å². The molecule has 0 aromatic carbocycles. The van der Waals surface area contributed by atoms with Crippen molar-refractivity contribution in [2.75, 3.05) is 37.7 Å². The molecule has 7 heteroatoms. The minimum Gasteiger partial charge on any atom is -0.449 e. The van der Waals surface area contributed by atoms with E-state index < -0.39 is 6.09 Å². The summed E-state index contributed by atoms with van der Waals surface area (Å²) in [5.41, 5.74) is 2.70. The van der Waals surface area contributed by atoms with E-state index in [0.717, 1.165) is 32.1 Å². The number of ether oxygens (including phenoxy) is 1. The van der Waals surface area contributed by atoms with E-state index in [1.165, 1.54) is 0 Å². The lowest BCUT2D eigenvalue weighted by molar-refractivity contribution is 0.106. The first-order chi connectivity index (χ1) is 8.79. The van der Waals surface area contributed by atoms with Gasteiger partial charge in [-0.15, -0.1) is 0 Å². The summed E-state index contributed by atoms with van der Waals surface area (Å²) in [6.07, 6.45) is 3.05. The lowest BCUT2D eigenvalue weighted by atomic mass is 10.4. The molecule has 18 heavy (non-hydrogen) atoms. The van der Waals surface area contributed by atoms with Gasteiger partial charge in [0.25, 0.3) is 0 Å². The van der Waals surface area contributed by atoms with Gasteiger partial charge in [0.05, 0.1) is 6.61 Å². The molecule has 7 nitrogen and oxygen atoms in total. The van der Waals surface area contributed by atoms with Crippen LogP contribution in [0.25, 0.3) is 0 Å². The quantitative estimate of drug-likeness (QED) is 0.831. The standard InChI is InChI=1S/C11H17N5O2/c1-2-18-11(17)14-16-8-6-15(7-9-16)10-12-4-3-5-13-10/h3-5H,2,6-9H2,1H3,(H,14,17). The number of rotatable bonds is 3. The van der Waals surface area contributed by atoms with Gasteiger partial charge < -0.3 is 9.64 Å². The van der Waals surface area contributed by atoms with Crippen LogP contribution >= 0.6 is 0 Å². The lowest BCUT2D eigenvalue weighted by Gasteiger charge is -2.34. The van der Waals surface area contributed by atoms with Crippen LogP contribution in [0.2, 0.25) is 0 Å². The summed E-state index contributed by atoms with van der Waals surface area (Å²) >= 11 is 0. The maximum atomic E-state index is 11.2. The molecule has 98 valence electrons. The van der Waals surface area contributed by atoms with Crippen molar-refractivity contribution >= 4 is 12.0 Å². The van der Waals surface area contributed by atoms with Crippen LogP contribution in [0.3, 0.4) is 0 Å². The third-order valence-electron chi connectivity index (χ3n) is 2.64. The number of nitrogens with one attached hydrogen (secondary N) is 1. The summed E-state index contributed by atoms with van der Waals surface area (Å²) < 4.78 is 4.83. The van der Waals surface area contributed by atoms with Gasteiger partial charge in [-0.2, -0.15) is 0 Å². The molecule has 0 spiro atoms. The Morgan fingerprint density at radius 2 is 2.00 bits per heavy atom. The Morgan fingerprint density at radius 1 is 1.33 bits per heavy atom. The van der Waals surface area contributed by atoms with E-state index in [-0.39, 0.29) is 0 Å². The molecule has 0 saturated carbocycles. The van der Waals surface area contributed by atoms with Crippen LogP contribution in [-0.4, -0.2) is 53.9 Å². The minimum atomic E-state index is -0.401. The zero-order chi connectivity index (χ0) is 12.8. The van der Waals surface area contributed by atoms with Crippen molar-refractivity contribution in [3.05, 3.63) is 18.5 Å². The zero-order valence-corrected chi connectivity index (χ0v) is 10.4. The molecule has 1 N–H and O–H groups in total. The Balaban J connectivity index is 1.80. The van der Waals surface area contributed by atoms with Crippen LogP contribution in [0, 0.1) is 0 Å². The molecule has 0 atom stereocenters. The van der Waals surface area contributed by atoms with Crippen LogP contribution in [-0.2, 0) is 4.74 Å². The number of nitrogens with zero attached hydrogens (tertiary/aromatic N) is 4. The number of amides is 1. The van der Waals surface area contributed by atoms with Crippen molar-refractivity contribution < 1.29 is 9.53 Å². The molecule has 1 fully saturated rings. The Morgan fingerprint density at radius 3 is 2.61 bits per heavy atom. The molecule has 2 rings (SSSR count). The number of piperazine rings is 1. The van der Waals surface area contributed by atoms with Crippen LogP contribution in [0.15, 0.2) is 18.5 Å². The summed E-state index contributed by atoms with van der Waals surface area (Å²) in [5, 5.41) is 1.84. The third-order valence-corrected chi connectivity index (χ3v) is 2.64. The minimum absolute atomic E-state index is 0.379. The molecule has 1 aliphatic heterocycles. The highest BCUT2D eigenvalue weighted by Crippen LogP contribution is 2.08. The van der Waals surface area contributed by atoms with E-state index in [4.69, 9.17) is 4.74 Å². The fourth-order valence-corrected chi connectivity index (χ4v) is 1.77. The highest BCUT2D eigenvalue weighted by molar-refractivity contribution is 5.66. The monoisotopic (exact) mass is 251 g/mol. The molecule has 0 aliphatic carbocycles. The van der Waals surface area contributed by atoms with Gasteiger partial charge in [-0.25, -0.2) is 19.8 Å². The molecule has 0 radical (unpaired) electrons. The van der Waals surface area contributed by atoms with Crippen LogP contribution in [0.1, 0.15) is 6.92 Å². The second-order valence-corrected chi connectivity index (χ2v) is 3.86. The van der Waals surface area contributed by atoms with Crippen molar-refractivity contribution in [3.8, 4) is 0 Å². The smallest absolute Gasteiger partial charge is 0.421 e. The van der Waals surface area contributed by atoms with Gasteiger partial charge in [-0.1, -0.05) is 0 Å². The molecule has 1 aliphatic rings. The van der Waals surface area contributed by atoms with E-state index in [1.807, 2.05) is 5.01 Å². The first kappa shape index (κ1) is 12.6. The molecular weight excluding hydrogens is 234 g/mol. The van der Waals surface area contributed by atoms with Crippen LogP contribution in [0.4, 0.5) is 10.7 Å². The first-order valence-electron chi connectivity index (χ1n) is 6.00. The summed E-state index contributed by atoms with van der Waals surface area (Å²) in [6.45, 7) is 5.15. The molecule has 1 aromatic rings. The predicted octanol–water partition coefficient (Wildman–Crippen LogP) is 0.260. The molecule has 2 heterocycles. The topological polar surface area (TPSA) is 70.6 Å². The van der Waals surface area contributed by atoms with Crippen molar-refractivity contribution in [2.45, 2.75) is 6.92 Å². The predicted molar refractivity (Wildman–Crippen MR) is 66.0 cm³/mol. The van der Waals surface area contributed by atoms with Crippen molar-refractivity contribution in [2.24, 2.45) is 0 Å². The van der Waals surface area contributed by atoms with Crippen LogP contribution in [0.5, 0.6) is 0 Å². The van der Waals surface area contributed by atoms with E-state index >= 15 is 0 Å². The molecule has 0 unspecified atom stereocenters. The third kappa shape index (κ3) is 3.30. The Bertz CT molecular complexity index is 378. The summed E-state index contributed by atoms with van der Waals surface area (Å²) in [5.74, 6) is 0.730. The lowest BCUT2D eigenvalue weighted by Crippen LogP contribution is -2.54. The average Bonchev–Trinajstić information content (AvgIpc) is 2.41. The highest BCUT2D eigenvalue weighted by atomic mass is 16.6. The second kappa shape index (κ2) is 6.15. The van der Waals surface area contributed by atoms with Crippen LogP contribution < -0.4 is 10.3 Å². The molecule has 0 bridgehead atoms. The maximum Gasteiger partial charge on any atom is 0.421 e. The summed E-state index contributed by atoms with van der Waals surface area (Å²) in [6, 6.07) is 1.79. The van der Waals surface area contributed by atoms with Crippen molar-refractivity contribution in [1.29, 1.82) is 0 Å². The van der Waals surface area contributed by atoms with Gasteiger partial charge in [-0.05, 0) is 13.0 Å². The Labute approximate surface area is 106 Å². The van der Waals surface area contributed by atoms with Gasteiger partial charge in [-0.3, -0.25) is 5.43 Å². The number of aromatic nitrogens is 2. The molecule has 1 saturated heterocycles. The maximum absolute atomic E-state index is 11.2. The zero-order valence-electron chi connectivity index (χ0n) is 10.4. The highest BCUT2D eigenvalue weighted by Gasteiger charge is 2.20. The number of carbonyl (C=O) groups is 1. The summed E-state index contributed by atoms with van der Waals surface area (Å²) in [4.78, 5) is 21.7. The number of hydrogen-bond donors (Lipinski definition) is 1. The fourth-order valence-electron chi connectivity index (χ4n) is 1.77. The number of hydrogen-bond acceptors (Lipinski definition) is 6. The van der Waals surface area contributed by atoms with Gasteiger partial charge in [0.1, 0.15) is 0 Å². The largest absolute Gasteiger partial charge is 0.449 e. The molecule has 1 amide bonds. The van der Waals surface area contributed by atoms with Gasteiger partial charge in [0.2, 0.25) is 5.95 Å². The first-order valence-corrected chi connectivity index (χ1v) is 6.00. The fraction of sp³-hybridized carbons (Fsp3) is 0.545. The van der Waals surface area contributed by atoms with E-state index in [1.54, 1.807) is 25.4 Å². The average molecular weight is 251 g/mol. The Hall–Kier alpha value is -1.89. The van der Waals surface area contributed by atoms with E-state index in [0.29, 0.717) is 6.61 Å². The van der Waals surface area contributed by atoms with Crippen molar-refractivity contribution in [1.82, 2.24) is 20.4 Å². The van der Waals surface area contributed by atoms with Gasteiger partial charge in [0.15, 0.2) is 0 Å². The normalized spacial score (nSPS) is 16.4. The number of carbonyl (C=O) groups excluding carboxylic acids is 1. The van der Waals surface area contributed by atoms with E-state index in [9.17, 15) is 4.79 Å². The number of anilines is 1. The number of hydrazine groups is 1. The second-order valence-electron chi connectivity index (χ2n) is 3.86. The van der Waals surface area contributed by atoms with Gasteiger partial charge in [0, 0.05) is 38.6 Å². The molecule has 1 aromatic heterocycles. The molecular formula is C11H17N5O2. The SMILES string of the molecule is CCOC(=O)NN1CCN(c2ncccn2)CC1. The van der Waals surface area contributed by atoms with Crippen molar-refractivity contribution in [3.63, 3.8) is 0 Å². The summed E-state index contributed by atoms with van der Waals surface area (Å²) in [7, 11) is 0. The Kier molecular flexibility index (Phi) is 4.30.